The topological polar surface area (TPSA) is 85.4 Å². The zero-order valence-electron chi connectivity index (χ0n) is 15.1. The Labute approximate surface area is 155 Å². The summed E-state index contributed by atoms with van der Waals surface area (Å²) in [7, 11) is 1.89. The number of nitrogens with zero attached hydrogens (tertiary/aromatic N) is 4. The van der Waals surface area contributed by atoms with Crippen molar-refractivity contribution in [2.24, 2.45) is 13.0 Å². The van der Waals surface area contributed by atoms with Gasteiger partial charge in [0.2, 0.25) is 0 Å². The molecule has 27 heavy (non-hydrogen) atoms. The van der Waals surface area contributed by atoms with Gasteiger partial charge in [-0.3, -0.25) is 9.59 Å². The normalized spacial score (nSPS) is 24.0. The highest BCUT2D eigenvalue weighted by Crippen LogP contribution is 2.38. The van der Waals surface area contributed by atoms with Crippen LogP contribution < -0.4 is 16.2 Å². The second-order valence-electron chi connectivity index (χ2n) is 7.52. The van der Waals surface area contributed by atoms with Gasteiger partial charge in [0.15, 0.2) is 0 Å². The third-order valence-corrected chi connectivity index (χ3v) is 5.95. The fourth-order valence-corrected chi connectivity index (χ4v) is 4.67. The lowest BCUT2D eigenvalue weighted by molar-refractivity contribution is 0.0933. The molecule has 5 heterocycles. The van der Waals surface area contributed by atoms with Crippen LogP contribution in [0.15, 0.2) is 41.6 Å². The zero-order valence-corrected chi connectivity index (χ0v) is 15.1. The number of hydrogen-bond acceptors (Lipinski definition) is 4. The second kappa shape index (κ2) is 6.09. The summed E-state index contributed by atoms with van der Waals surface area (Å²) in [6, 6.07) is 5.44. The predicted molar refractivity (Wildman–Crippen MR) is 100.0 cm³/mol. The number of fused-ring (bicyclic) bond motifs is 5. The summed E-state index contributed by atoms with van der Waals surface area (Å²) in [6.45, 7) is 2.20. The largest absolute Gasteiger partial charge is 0.350 e. The molecule has 2 aliphatic heterocycles. The van der Waals surface area contributed by atoms with Gasteiger partial charge in [-0.05, 0) is 18.4 Å². The quantitative estimate of drug-likeness (QED) is 0.707. The smallest absolute Gasteiger partial charge is 0.256 e. The number of carbonyl (C=O) groups is 1. The average molecular weight is 366 g/mol. The molecule has 2 aliphatic rings. The fraction of sp³-hybridized carbons (Fsp3) is 0.421. The Morgan fingerprint density at radius 3 is 3.11 bits per heavy atom. The van der Waals surface area contributed by atoms with Crippen molar-refractivity contribution in [1.82, 2.24) is 29.4 Å². The van der Waals surface area contributed by atoms with E-state index in [1.54, 1.807) is 16.8 Å². The lowest BCUT2D eigenvalue weighted by Crippen LogP contribution is -2.50. The number of imidazole rings is 1. The molecule has 2 N–H and O–H groups in total. The van der Waals surface area contributed by atoms with Crippen molar-refractivity contribution >= 4 is 11.6 Å². The molecule has 1 fully saturated rings. The van der Waals surface area contributed by atoms with E-state index in [0.29, 0.717) is 23.9 Å². The van der Waals surface area contributed by atoms with E-state index in [-0.39, 0.29) is 17.5 Å². The molecule has 0 radical (unpaired) electrons. The monoisotopic (exact) mass is 366 g/mol. The van der Waals surface area contributed by atoms with Crippen molar-refractivity contribution in [1.29, 1.82) is 0 Å². The van der Waals surface area contributed by atoms with Gasteiger partial charge in [-0.25, -0.2) is 4.52 Å². The minimum Gasteiger partial charge on any atom is -0.350 e. The summed E-state index contributed by atoms with van der Waals surface area (Å²) in [4.78, 5) is 25.4. The maximum absolute atomic E-state index is 12.8. The summed E-state index contributed by atoms with van der Waals surface area (Å²) in [5.41, 5.74) is 2.38. The Morgan fingerprint density at radius 2 is 2.22 bits per heavy atom. The Kier molecular flexibility index (Phi) is 3.68. The number of nitrogens with one attached hydrogen (secondary N) is 2. The molecule has 3 atom stereocenters. The minimum atomic E-state index is -0.164. The summed E-state index contributed by atoms with van der Waals surface area (Å²) >= 11 is 0. The Hall–Kier alpha value is -2.87. The molecule has 3 aromatic heterocycles. The van der Waals surface area contributed by atoms with Crippen LogP contribution in [0.3, 0.4) is 0 Å². The summed E-state index contributed by atoms with van der Waals surface area (Å²) in [5, 5.41) is 10.7. The van der Waals surface area contributed by atoms with Crippen LogP contribution in [-0.4, -0.2) is 44.3 Å². The first-order chi connectivity index (χ1) is 13.1. The van der Waals surface area contributed by atoms with Crippen LogP contribution in [-0.2, 0) is 7.05 Å². The molecular formula is C19H22N6O2. The summed E-state index contributed by atoms with van der Waals surface area (Å²) in [5.74, 6) is 0.533. The van der Waals surface area contributed by atoms with E-state index in [1.807, 2.05) is 40.7 Å². The molecule has 0 saturated carbocycles. The van der Waals surface area contributed by atoms with Gasteiger partial charge in [-0.2, -0.15) is 5.10 Å². The third-order valence-electron chi connectivity index (χ3n) is 5.95. The van der Waals surface area contributed by atoms with Gasteiger partial charge in [0.25, 0.3) is 11.5 Å². The van der Waals surface area contributed by atoms with Gasteiger partial charge in [0, 0.05) is 56.8 Å². The van der Waals surface area contributed by atoms with Gasteiger partial charge < -0.3 is 19.8 Å². The Bertz CT molecular complexity index is 1080. The number of pyridine rings is 1. The molecule has 140 valence electrons. The number of hydrogen-bond donors (Lipinski definition) is 2. The minimum absolute atomic E-state index is 0.0127. The van der Waals surface area contributed by atoms with Crippen LogP contribution in [0.4, 0.5) is 0 Å². The first kappa shape index (κ1) is 16.3. The van der Waals surface area contributed by atoms with E-state index < -0.39 is 0 Å². The molecule has 2 bridgehead atoms. The lowest BCUT2D eigenvalue weighted by Gasteiger charge is -2.43. The fourth-order valence-electron chi connectivity index (χ4n) is 4.67. The molecule has 3 aromatic rings. The molecule has 0 unspecified atom stereocenters. The predicted octanol–water partition coefficient (Wildman–Crippen LogP) is 0.512. The molecule has 8 heteroatoms. The van der Waals surface area contributed by atoms with E-state index >= 15 is 0 Å². The average Bonchev–Trinajstić information content (AvgIpc) is 3.25. The standard InChI is InChI=1S/C19H22N6O2/c1-23-5-6-24-19(23)14(10-22-24)18(27)21-11-16-13-7-12(8-20-9-13)15-3-2-4-17(26)25(15)16/h2-6,10,12-13,16,20H,7-9,11H2,1H3,(H,21,27)/t12-,13+,16+/m1/s1. The first-order valence-corrected chi connectivity index (χ1v) is 9.32. The number of piperidine rings is 1. The van der Waals surface area contributed by atoms with Crippen molar-refractivity contribution in [2.75, 3.05) is 19.6 Å². The molecule has 0 spiro atoms. The van der Waals surface area contributed by atoms with Crippen LogP contribution in [0, 0.1) is 5.92 Å². The molecule has 5 rings (SSSR count). The van der Waals surface area contributed by atoms with Gasteiger partial charge >= 0.3 is 0 Å². The highest BCUT2D eigenvalue weighted by atomic mass is 16.2. The van der Waals surface area contributed by atoms with E-state index in [4.69, 9.17) is 0 Å². The number of rotatable bonds is 3. The highest BCUT2D eigenvalue weighted by Gasteiger charge is 2.37. The highest BCUT2D eigenvalue weighted by molar-refractivity contribution is 5.99. The summed E-state index contributed by atoms with van der Waals surface area (Å²) < 4.78 is 5.46. The molecular weight excluding hydrogens is 344 g/mol. The molecule has 0 aliphatic carbocycles. The third kappa shape index (κ3) is 2.51. The van der Waals surface area contributed by atoms with Crippen LogP contribution in [0.5, 0.6) is 0 Å². The van der Waals surface area contributed by atoms with Gasteiger partial charge in [-0.1, -0.05) is 6.07 Å². The van der Waals surface area contributed by atoms with Gasteiger partial charge in [0.1, 0.15) is 11.2 Å². The van der Waals surface area contributed by atoms with Crippen LogP contribution in [0.25, 0.3) is 5.65 Å². The van der Waals surface area contributed by atoms with Crippen molar-refractivity contribution in [3.05, 3.63) is 58.4 Å². The molecule has 1 saturated heterocycles. The van der Waals surface area contributed by atoms with Crippen LogP contribution >= 0.6 is 0 Å². The van der Waals surface area contributed by atoms with Crippen molar-refractivity contribution < 1.29 is 4.79 Å². The van der Waals surface area contributed by atoms with E-state index in [9.17, 15) is 9.59 Å². The van der Waals surface area contributed by atoms with Crippen LogP contribution in [0.1, 0.15) is 34.4 Å². The SMILES string of the molecule is Cn1ccn2ncc(C(=O)NC[C@H]3[C@@H]4CNC[C@@H](C4)c4cccc(=O)n43)c12. The summed E-state index contributed by atoms with van der Waals surface area (Å²) in [6.07, 6.45) is 6.32. The molecule has 8 nitrogen and oxygen atoms in total. The number of aryl methyl sites for hydroxylation is 1. The van der Waals surface area contributed by atoms with E-state index in [0.717, 1.165) is 30.9 Å². The van der Waals surface area contributed by atoms with Crippen molar-refractivity contribution in [3.8, 4) is 0 Å². The number of amides is 1. The number of carbonyl (C=O) groups excluding carboxylic acids is 1. The van der Waals surface area contributed by atoms with Crippen LogP contribution in [0.2, 0.25) is 0 Å². The maximum atomic E-state index is 12.8. The lowest BCUT2D eigenvalue weighted by atomic mass is 9.79. The van der Waals surface area contributed by atoms with E-state index in [2.05, 4.69) is 15.7 Å². The Balaban J connectivity index is 1.44. The van der Waals surface area contributed by atoms with Gasteiger partial charge in [-0.15, -0.1) is 0 Å². The maximum Gasteiger partial charge on any atom is 0.256 e. The van der Waals surface area contributed by atoms with Crippen molar-refractivity contribution in [2.45, 2.75) is 18.4 Å². The number of aromatic nitrogens is 4. The van der Waals surface area contributed by atoms with Crippen molar-refractivity contribution in [3.63, 3.8) is 0 Å². The molecule has 0 aromatic carbocycles. The van der Waals surface area contributed by atoms with Gasteiger partial charge in [0.05, 0.1) is 12.2 Å². The Morgan fingerprint density at radius 1 is 1.33 bits per heavy atom. The first-order valence-electron chi connectivity index (χ1n) is 9.32. The second-order valence-corrected chi connectivity index (χ2v) is 7.52. The zero-order chi connectivity index (χ0) is 18.5. The molecule has 1 amide bonds. The van der Waals surface area contributed by atoms with E-state index in [1.165, 1.54) is 0 Å².